The lowest BCUT2D eigenvalue weighted by Crippen LogP contribution is -2.47. The Morgan fingerprint density at radius 3 is 2.17 bits per heavy atom. The first-order valence-corrected chi connectivity index (χ1v) is 7.91. The standard InChI is InChI=1S/C11H22N2O4S/c1-11(2,3)17-10(14)13-7-5-9(6-8-13)12-18(4,15)16/h9,12H,5-8H2,1-4H3. The summed E-state index contributed by atoms with van der Waals surface area (Å²) in [5.74, 6) is 0. The van der Waals surface area contributed by atoms with Crippen LogP contribution in [0.1, 0.15) is 33.6 Å². The molecule has 0 aromatic carbocycles. The van der Waals surface area contributed by atoms with Gasteiger partial charge in [0.25, 0.3) is 0 Å². The number of hydrogen-bond acceptors (Lipinski definition) is 4. The van der Waals surface area contributed by atoms with Gasteiger partial charge in [-0.05, 0) is 33.6 Å². The summed E-state index contributed by atoms with van der Waals surface area (Å²) in [6, 6.07) is -0.0845. The molecule has 1 aliphatic heterocycles. The zero-order valence-corrected chi connectivity index (χ0v) is 12.2. The molecule has 1 rings (SSSR count). The average Bonchev–Trinajstić information content (AvgIpc) is 2.13. The summed E-state index contributed by atoms with van der Waals surface area (Å²) in [5, 5.41) is 0. The van der Waals surface area contributed by atoms with E-state index in [-0.39, 0.29) is 12.1 Å². The lowest BCUT2D eigenvalue weighted by atomic mass is 10.1. The summed E-state index contributed by atoms with van der Waals surface area (Å²) in [7, 11) is -3.17. The number of nitrogens with zero attached hydrogens (tertiary/aromatic N) is 1. The van der Waals surface area contributed by atoms with Crippen molar-refractivity contribution in [2.24, 2.45) is 0 Å². The maximum Gasteiger partial charge on any atom is 0.410 e. The van der Waals surface area contributed by atoms with Gasteiger partial charge in [-0.1, -0.05) is 0 Å². The Morgan fingerprint density at radius 2 is 1.78 bits per heavy atom. The molecule has 0 aliphatic carbocycles. The molecule has 1 amide bonds. The zero-order chi connectivity index (χ0) is 14.0. The highest BCUT2D eigenvalue weighted by Gasteiger charge is 2.27. The molecular formula is C11H22N2O4S. The van der Waals surface area contributed by atoms with Gasteiger partial charge in [0.05, 0.1) is 6.26 Å². The van der Waals surface area contributed by atoms with Crippen LogP contribution in [0.25, 0.3) is 0 Å². The molecule has 1 saturated heterocycles. The number of ether oxygens (including phenoxy) is 1. The monoisotopic (exact) mass is 278 g/mol. The fourth-order valence-electron chi connectivity index (χ4n) is 1.81. The van der Waals surface area contributed by atoms with Crippen LogP contribution in [0.15, 0.2) is 0 Å². The topological polar surface area (TPSA) is 75.7 Å². The first-order valence-electron chi connectivity index (χ1n) is 6.02. The lowest BCUT2D eigenvalue weighted by Gasteiger charge is -2.33. The van der Waals surface area contributed by atoms with E-state index in [4.69, 9.17) is 4.74 Å². The second kappa shape index (κ2) is 5.44. The van der Waals surface area contributed by atoms with Gasteiger partial charge < -0.3 is 9.64 Å². The molecule has 0 unspecified atom stereocenters. The van der Waals surface area contributed by atoms with Crippen molar-refractivity contribution < 1.29 is 17.9 Å². The van der Waals surface area contributed by atoms with Crippen LogP contribution in [-0.4, -0.2) is 50.4 Å². The second-order valence-corrected chi connectivity index (χ2v) is 7.41. The molecule has 0 aromatic heterocycles. The molecule has 0 bridgehead atoms. The van der Waals surface area contributed by atoms with Crippen LogP contribution < -0.4 is 4.72 Å². The van der Waals surface area contributed by atoms with E-state index < -0.39 is 15.6 Å². The van der Waals surface area contributed by atoms with Crippen LogP contribution in [0, 0.1) is 0 Å². The molecule has 6 nitrogen and oxygen atoms in total. The van der Waals surface area contributed by atoms with Crippen molar-refractivity contribution >= 4 is 16.1 Å². The molecule has 0 saturated carbocycles. The number of carbonyl (C=O) groups is 1. The van der Waals surface area contributed by atoms with Crippen LogP contribution in [0.2, 0.25) is 0 Å². The van der Waals surface area contributed by atoms with Crippen LogP contribution in [-0.2, 0) is 14.8 Å². The largest absolute Gasteiger partial charge is 0.444 e. The maximum atomic E-state index is 11.8. The Morgan fingerprint density at radius 1 is 1.28 bits per heavy atom. The molecule has 1 heterocycles. The first kappa shape index (κ1) is 15.2. The third kappa shape index (κ3) is 5.68. The van der Waals surface area contributed by atoms with Gasteiger partial charge in [0.2, 0.25) is 10.0 Å². The third-order valence-electron chi connectivity index (χ3n) is 2.53. The van der Waals surface area contributed by atoms with Crippen molar-refractivity contribution in [2.75, 3.05) is 19.3 Å². The van der Waals surface area contributed by atoms with Crippen molar-refractivity contribution in [2.45, 2.75) is 45.3 Å². The average molecular weight is 278 g/mol. The summed E-state index contributed by atoms with van der Waals surface area (Å²) < 4.78 is 30.0. The Bertz CT molecular complexity index is 392. The number of carbonyl (C=O) groups excluding carboxylic acids is 1. The van der Waals surface area contributed by atoms with Gasteiger partial charge in [0.1, 0.15) is 5.60 Å². The molecule has 1 fully saturated rings. The summed E-state index contributed by atoms with van der Waals surface area (Å²) >= 11 is 0. The number of hydrogen-bond donors (Lipinski definition) is 1. The number of amides is 1. The van der Waals surface area contributed by atoms with E-state index in [1.807, 2.05) is 20.8 Å². The van der Waals surface area contributed by atoms with Gasteiger partial charge in [-0.15, -0.1) is 0 Å². The van der Waals surface area contributed by atoms with Crippen LogP contribution in [0.4, 0.5) is 4.79 Å². The smallest absolute Gasteiger partial charge is 0.410 e. The van der Waals surface area contributed by atoms with Crippen LogP contribution in [0.5, 0.6) is 0 Å². The van der Waals surface area contributed by atoms with Crippen LogP contribution >= 0.6 is 0 Å². The molecular weight excluding hydrogens is 256 g/mol. The van der Waals surface area contributed by atoms with E-state index >= 15 is 0 Å². The highest BCUT2D eigenvalue weighted by Crippen LogP contribution is 2.15. The van der Waals surface area contributed by atoms with Gasteiger partial charge in [0, 0.05) is 19.1 Å². The highest BCUT2D eigenvalue weighted by molar-refractivity contribution is 7.88. The minimum atomic E-state index is -3.17. The molecule has 1 N–H and O–H groups in total. The number of piperidine rings is 1. The maximum absolute atomic E-state index is 11.8. The molecule has 18 heavy (non-hydrogen) atoms. The fraction of sp³-hybridized carbons (Fsp3) is 0.909. The molecule has 0 spiro atoms. The minimum absolute atomic E-state index is 0.0845. The summed E-state index contributed by atoms with van der Waals surface area (Å²) in [6.07, 6.45) is 2.05. The van der Waals surface area contributed by atoms with Gasteiger partial charge in [-0.3, -0.25) is 0 Å². The van der Waals surface area contributed by atoms with Crippen molar-refractivity contribution in [3.63, 3.8) is 0 Å². The van der Waals surface area contributed by atoms with Crippen molar-refractivity contribution in [1.82, 2.24) is 9.62 Å². The van der Waals surface area contributed by atoms with E-state index in [0.29, 0.717) is 25.9 Å². The number of nitrogens with one attached hydrogen (secondary N) is 1. The molecule has 106 valence electrons. The van der Waals surface area contributed by atoms with Gasteiger partial charge in [0.15, 0.2) is 0 Å². The van der Waals surface area contributed by atoms with Crippen molar-refractivity contribution in [3.8, 4) is 0 Å². The quantitative estimate of drug-likeness (QED) is 0.815. The Balaban J connectivity index is 2.42. The van der Waals surface area contributed by atoms with E-state index in [2.05, 4.69) is 4.72 Å². The molecule has 1 aliphatic rings. The molecule has 0 radical (unpaired) electrons. The Kier molecular flexibility index (Phi) is 4.61. The minimum Gasteiger partial charge on any atom is -0.444 e. The number of sulfonamides is 1. The van der Waals surface area contributed by atoms with Crippen molar-refractivity contribution in [3.05, 3.63) is 0 Å². The van der Waals surface area contributed by atoms with Crippen LogP contribution in [0.3, 0.4) is 0 Å². The highest BCUT2D eigenvalue weighted by atomic mass is 32.2. The summed E-state index contributed by atoms with van der Waals surface area (Å²) in [5.41, 5.74) is -0.501. The lowest BCUT2D eigenvalue weighted by molar-refractivity contribution is 0.0204. The first-order chi connectivity index (χ1) is 8.07. The predicted octanol–water partition coefficient (Wildman–Crippen LogP) is 0.935. The Hall–Kier alpha value is -0.820. The summed E-state index contributed by atoms with van der Waals surface area (Å²) in [6.45, 7) is 6.50. The van der Waals surface area contributed by atoms with E-state index in [0.717, 1.165) is 6.26 Å². The second-order valence-electron chi connectivity index (χ2n) is 5.63. The Labute approximate surface area is 109 Å². The van der Waals surface area contributed by atoms with E-state index in [1.165, 1.54) is 0 Å². The molecule has 0 atom stereocenters. The van der Waals surface area contributed by atoms with E-state index in [1.54, 1.807) is 4.90 Å². The molecule has 7 heteroatoms. The normalized spacial score (nSPS) is 18.8. The zero-order valence-electron chi connectivity index (χ0n) is 11.4. The SMILES string of the molecule is CC(C)(C)OC(=O)N1CCC(NS(C)(=O)=O)CC1. The number of rotatable bonds is 2. The number of likely N-dealkylation sites (tertiary alicyclic amines) is 1. The summed E-state index contributed by atoms with van der Waals surface area (Å²) in [4.78, 5) is 13.4. The molecule has 0 aromatic rings. The van der Waals surface area contributed by atoms with Crippen molar-refractivity contribution in [1.29, 1.82) is 0 Å². The fourth-order valence-corrected chi connectivity index (χ4v) is 2.65. The predicted molar refractivity (Wildman–Crippen MR) is 68.8 cm³/mol. The van der Waals surface area contributed by atoms with E-state index in [9.17, 15) is 13.2 Å². The third-order valence-corrected chi connectivity index (χ3v) is 3.29. The van der Waals surface area contributed by atoms with Gasteiger partial charge in [-0.25, -0.2) is 17.9 Å². The van der Waals surface area contributed by atoms with Gasteiger partial charge >= 0.3 is 6.09 Å². The van der Waals surface area contributed by atoms with Gasteiger partial charge in [-0.2, -0.15) is 0 Å².